The molecule has 90 valence electrons. The Morgan fingerprint density at radius 3 is 3.00 bits per heavy atom. The van der Waals surface area contributed by atoms with Gasteiger partial charge in [-0.25, -0.2) is 4.79 Å². The van der Waals surface area contributed by atoms with Crippen LogP contribution in [-0.2, 0) is 16.1 Å². The highest BCUT2D eigenvalue weighted by atomic mass is 16.5. The zero-order valence-corrected chi connectivity index (χ0v) is 9.52. The van der Waals surface area contributed by atoms with Crippen molar-refractivity contribution in [2.24, 2.45) is 5.73 Å². The molecule has 0 aromatic heterocycles. The van der Waals surface area contributed by atoms with Gasteiger partial charge in [-0.15, -0.1) is 6.42 Å². The van der Waals surface area contributed by atoms with Crippen LogP contribution in [0.15, 0.2) is 24.3 Å². The zero-order chi connectivity index (χ0) is 12.5. The second-order valence-corrected chi connectivity index (χ2v) is 3.32. The standard InChI is InChI=1S/C13H15NO3/c1-2-7-17-13(15)12-5-3-4-11(9-12)10-16-8-6-14/h1,3-5,9H,6-8,10,14H2. The highest BCUT2D eigenvalue weighted by Gasteiger charge is 2.06. The number of nitrogens with two attached hydrogens (primary N) is 1. The third-order valence-electron chi connectivity index (χ3n) is 1.98. The molecule has 0 spiro atoms. The topological polar surface area (TPSA) is 61.5 Å². The van der Waals surface area contributed by atoms with Gasteiger partial charge < -0.3 is 15.2 Å². The minimum absolute atomic E-state index is 0.0211. The van der Waals surface area contributed by atoms with Crippen molar-refractivity contribution in [1.82, 2.24) is 0 Å². The number of hydrogen-bond acceptors (Lipinski definition) is 4. The Morgan fingerprint density at radius 1 is 1.47 bits per heavy atom. The zero-order valence-electron chi connectivity index (χ0n) is 9.52. The molecule has 4 heteroatoms. The summed E-state index contributed by atoms with van der Waals surface area (Å²) < 4.78 is 10.1. The molecular weight excluding hydrogens is 218 g/mol. The van der Waals surface area contributed by atoms with E-state index < -0.39 is 5.97 Å². The van der Waals surface area contributed by atoms with Crippen LogP contribution in [0.2, 0.25) is 0 Å². The first-order valence-corrected chi connectivity index (χ1v) is 5.25. The Hall–Kier alpha value is -1.83. The summed E-state index contributed by atoms with van der Waals surface area (Å²) in [7, 11) is 0. The van der Waals surface area contributed by atoms with E-state index in [9.17, 15) is 4.79 Å². The molecule has 2 N–H and O–H groups in total. The van der Waals surface area contributed by atoms with E-state index in [1.165, 1.54) is 0 Å². The smallest absolute Gasteiger partial charge is 0.339 e. The largest absolute Gasteiger partial charge is 0.449 e. The SMILES string of the molecule is C#CCOC(=O)c1cccc(COCCN)c1. The quantitative estimate of drug-likeness (QED) is 0.451. The molecule has 0 aliphatic carbocycles. The van der Waals surface area contributed by atoms with Crippen LogP contribution in [0.4, 0.5) is 0 Å². The lowest BCUT2D eigenvalue weighted by Crippen LogP contribution is -2.09. The molecule has 4 nitrogen and oxygen atoms in total. The summed E-state index contributed by atoms with van der Waals surface area (Å²) in [5.74, 6) is 1.82. The Kier molecular flexibility index (Phi) is 5.80. The van der Waals surface area contributed by atoms with Gasteiger partial charge in [0, 0.05) is 6.54 Å². The summed E-state index contributed by atoms with van der Waals surface area (Å²) in [6.45, 7) is 1.37. The van der Waals surface area contributed by atoms with Gasteiger partial charge in [0.1, 0.15) is 0 Å². The van der Waals surface area contributed by atoms with Crippen LogP contribution in [0.5, 0.6) is 0 Å². The van der Waals surface area contributed by atoms with Crippen molar-refractivity contribution in [1.29, 1.82) is 0 Å². The van der Waals surface area contributed by atoms with E-state index >= 15 is 0 Å². The van der Waals surface area contributed by atoms with Crippen LogP contribution >= 0.6 is 0 Å². The fourth-order valence-corrected chi connectivity index (χ4v) is 1.25. The number of carbonyl (C=O) groups excluding carboxylic acids is 1. The van der Waals surface area contributed by atoms with E-state index in [1.54, 1.807) is 18.2 Å². The number of hydrogen-bond donors (Lipinski definition) is 1. The van der Waals surface area contributed by atoms with Crippen molar-refractivity contribution >= 4 is 5.97 Å². The lowest BCUT2D eigenvalue weighted by Gasteiger charge is -2.05. The summed E-state index contributed by atoms with van der Waals surface area (Å²) in [5.41, 5.74) is 6.67. The van der Waals surface area contributed by atoms with Gasteiger partial charge in [0.25, 0.3) is 0 Å². The van der Waals surface area contributed by atoms with Crippen molar-refractivity contribution in [3.05, 3.63) is 35.4 Å². The van der Waals surface area contributed by atoms with Crippen LogP contribution in [0, 0.1) is 12.3 Å². The van der Waals surface area contributed by atoms with E-state index in [1.807, 2.05) is 6.07 Å². The van der Waals surface area contributed by atoms with Crippen LogP contribution in [0.3, 0.4) is 0 Å². The van der Waals surface area contributed by atoms with E-state index in [0.717, 1.165) is 5.56 Å². The molecule has 0 amide bonds. The minimum Gasteiger partial charge on any atom is -0.449 e. The summed E-state index contributed by atoms with van der Waals surface area (Å²) in [4.78, 5) is 11.5. The third kappa shape index (κ3) is 4.68. The molecule has 17 heavy (non-hydrogen) atoms. The Morgan fingerprint density at radius 2 is 2.29 bits per heavy atom. The molecular formula is C13H15NO3. The van der Waals surface area contributed by atoms with Crippen molar-refractivity contribution in [3.63, 3.8) is 0 Å². The van der Waals surface area contributed by atoms with E-state index in [4.69, 9.17) is 21.6 Å². The van der Waals surface area contributed by atoms with Gasteiger partial charge in [-0.05, 0) is 17.7 Å². The highest BCUT2D eigenvalue weighted by molar-refractivity contribution is 5.89. The summed E-state index contributed by atoms with van der Waals surface area (Å²) in [6, 6.07) is 7.03. The van der Waals surface area contributed by atoms with Crippen molar-refractivity contribution in [3.8, 4) is 12.3 Å². The van der Waals surface area contributed by atoms with Gasteiger partial charge in [0.05, 0.1) is 18.8 Å². The van der Waals surface area contributed by atoms with Gasteiger partial charge >= 0.3 is 5.97 Å². The monoisotopic (exact) mass is 233 g/mol. The molecule has 0 radical (unpaired) electrons. The molecule has 1 aromatic carbocycles. The predicted molar refractivity (Wildman–Crippen MR) is 64.3 cm³/mol. The summed E-state index contributed by atoms with van der Waals surface area (Å²) >= 11 is 0. The normalized spacial score (nSPS) is 9.65. The number of carbonyl (C=O) groups is 1. The van der Waals surface area contributed by atoms with Crippen molar-refractivity contribution in [2.45, 2.75) is 6.61 Å². The van der Waals surface area contributed by atoms with Gasteiger partial charge in [0.15, 0.2) is 6.61 Å². The molecule has 0 atom stereocenters. The second kappa shape index (κ2) is 7.44. The Bertz CT molecular complexity index is 409. The molecule has 0 aliphatic rings. The number of rotatable bonds is 6. The second-order valence-electron chi connectivity index (χ2n) is 3.32. The summed E-state index contributed by atoms with van der Waals surface area (Å²) in [5, 5.41) is 0. The fourth-order valence-electron chi connectivity index (χ4n) is 1.25. The van der Waals surface area contributed by atoms with Gasteiger partial charge in [-0.2, -0.15) is 0 Å². The average molecular weight is 233 g/mol. The number of ether oxygens (including phenoxy) is 2. The molecule has 0 heterocycles. The summed E-state index contributed by atoms with van der Waals surface area (Å²) in [6.07, 6.45) is 5.01. The molecule has 0 fully saturated rings. The molecule has 1 rings (SSSR count). The first-order valence-electron chi connectivity index (χ1n) is 5.25. The maximum absolute atomic E-state index is 11.5. The number of esters is 1. The predicted octanol–water partition coefficient (Wildman–Crippen LogP) is 0.952. The van der Waals surface area contributed by atoms with Gasteiger partial charge in [0.2, 0.25) is 0 Å². The number of benzene rings is 1. The maximum Gasteiger partial charge on any atom is 0.339 e. The molecule has 0 unspecified atom stereocenters. The third-order valence-corrected chi connectivity index (χ3v) is 1.98. The van der Waals surface area contributed by atoms with E-state index in [2.05, 4.69) is 5.92 Å². The Balaban J connectivity index is 2.59. The molecule has 0 bridgehead atoms. The van der Waals surface area contributed by atoms with E-state index in [-0.39, 0.29) is 6.61 Å². The van der Waals surface area contributed by atoms with Gasteiger partial charge in [-0.1, -0.05) is 18.1 Å². The van der Waals surface area contributed by atoms with Crippen molar-refractivity contribution < 1.29 is 14.3 Å². The number of terminal acetylenes is 1. The lowest BCUT2D eigenvalue weighted by atomic mass is 10.1. The van der Waals surface area contributed by atoms with Gasteiger partial charge in [-0.3, -0.25) is 0 Å². The fraction of sp³-hybridized carbons (Fsp3) is 0.308. The molecule has 1 aromatic rings. The first kappa shape index (κ1) is 13.2. The van der Waals surface area contributed by atoms with E-state index in [0.29, 0.717) is 25.3 Å². The van der Waals surface area contributed by atoms with Crippen LogP contribution in [-0.4, -0.2) is 25.7 Å². The van der Waals surface area contributed by atoms with Crippen LogP contribution < -0.4 is 5.73 Å². The first-order chi connectivity index (χ1) is 8.27. The molecule has 0 saturated heterocycles. The maximum atomic E-state index is 11.5. The van der Waals surface area contributed by atoms with Crippen LogP contribution in [0.25, 0.3) is 0 Å². The Labute approximate surface area is 101 Å². The van der Waals surface area contributed by atoms with Crippen molar-refractivity contribution in [2.75, 3.05) is 19.8 Å². The highest BCUT2D eigenvalue weighted by Crippen LogP contribution is 2.08. The molecule has 0 saturated carbocycles. The lowest BCUT2D eigenvalue weighted by molar-refractivity contribution is 0.0556. The average Bonchev–Trinajstić information content (AvgIpc) is 2.36. The van der Waals surface area contributed by atoms with Crippen LogP contribution in [0.1, 0.15) is 15.9 Å². The minimum atomic E-state index is -0.427. The molecule has 0 aliphatic heterocycles.